The van der Waals surface area contributed by atoms with Gasteiger partial charge in [0.15, 0.2) is 10.8 Å². The van der Waals surface area contributed by atoms with Gasteiger partial charge in [-0.3, -0.25) is 9.78 Å². The summed E-state index contributed by atoms with van der Waals surface area (Å²) in [4.78, 5) is 25.7. The number of nitrogens with one attached hydrogen (secondary N) is 2. The fraction of sp³-hybridized carbons (Fsp3) is 0.286. The molecule has 0 radical (unpaired) electrons. The summed E-state index contributed by atoms with van der Waals surface area (Å²) in [6.07, 6.45) is 6.21. The van der Waals surface area contributed by atoms with Crippen LogP contribution in [0.25, 0.3) is 11.3 Å². The van der Waals surface area contributed by atoms with E-state index in [-0.39, 0.29) is 17.5 Å². The van der Waals surface area contributed by atoms with E-state index in [9.17, 15) is 4.79 Å². The third-order valence-electron chi connectivity index (χ3n) is 4.64. The molecule has 1 aromatic carbocycles. The molecule has 2 aromatic heterocycles. The maximum absolute atomic E-state index is 12.8. The van der Waals surface area contributed by atoms with Crippen LogP contribution in [-0.4, -0.2) is 26.1 Å². The summed E-state index contributed by atoms with van der Waals surface area (Å²) in [5.41, 5.74) is 3.20. The van der Waals surface area contributed by atoms with Crippen LogP contribution in [0.15, 0.2) is 42.0 Å². The number of anilines is 2. The smallest absolute Gasteiger partial charge is 0.233 e. The van der Waals surface area contributed by atoms with Crippen molar-refractivity contribution in [1.82, 2.24) is 15.0 Å². The second kappa shape index (κ2) is 9.24. The summed E-state index contributed by atoms with van der Waals surface area (Å²) >= 11 is 3.24. The molecule has 1 atom stereocenters. The van der Waals surface area contributed by atoms with Crippen LogP contribution < -0.4 is 10.0 Å². The molecule has 2 N–H and O–H groups in total. The molecule has 0 spiro atoms. The first kappa shape index (κ1) is 20.3. The van der Waals surface area contributed by atoms with Crippen LogP contribution >= 0.6 is 23.3 Å². The molecule has 1 amide bonds. The quantitative estimate of drug-likeness (QED) is 0.488. The molecular weight excluding hydrogens is 416 g/mol. The highest BCUT2D eigenvalue weighted by Gasteiger charge is 2.24. The molecule has 1 saturated carbocycles. The number of benzene rings is 1. The lowest BCUT2D eigenvalue weighted by Gasteiger charge is -2.13. The molecule has 2 heterocycles. The average molecular weight is 437 g/mol. The predicted octanol–water partition coefficient (Wildman–Crippen LogP) is 4.83. The molecule has 7 nitrogen and oxygen atoms in total. The van der Waals surface area contributed by atoms with Crippen LogP contribution in [0.4, 0.5) is 10.8 Å². The number of thiazole rings is 1. The van der Waals surface area contributed by atoms with Crippen molar-refractivity contribution in [3.8, 4) is 17.3 Å². The molecule has 1 aliphatic rings. The normalized spacial score (nSPS) is 14.0. The summed E-state index contributed by atoms with van der Waals surface area (Å²) in [7, 11) is 0. The van der Waals surface area contributed by atoms with Gasteiger partial charge in [-0.25, -0.2) is 9.97 Å². The van der Waals surface area contributed by atoms with Crippen LogP contribution in [0.5, 0.6) is 0 Å². The second-order valence-electron chi connectivity index (χ2n) is 6.93. The Morgan fingerprint density at radius 1 is 1.30 bits per heavy atom. The zero-order valence-corrected chi connectivity index (χ0v) is 18.0. The maximum atomic E-state index is 12.8. The molecular formula is C21H20N6OS2. The molecule has 3 aromatic rings. The number of hydrogen-bond acceptors (Lipinski definition) is 8. The fourth-order valence-corrected chi connectivity index (χ4v) is 4.48. The minimum atomic E-state index is -0.305. The van der Waals surface area contributed by atoms with Crippen molar-refractivity contribution in [3.05, 3.63) is 53.4 Å². The van der Waals surface area contributed by atoms with Gasteiger partial charge in [0.2, 0.25) is 5.91 Å². The summed E-state index contributed by atoms with van der Waals surface area (Å²) in [6, 6.07) is 9.32. The Labute approximate surface area is 183 Å². The van der Waals surface area contributed by atoms with Gasteiger partial charge in [-0.05, 0) is 43.3 Å². The first-order chi connectivity index (χ1) is 14.7. The summed E-state index contributed by atoms with van der Waals surface area (Å²) in [5, 5.41) is 15.4. The predicted molar refractivity (Wildman–Crippen MR) is 120 cm³/mol. The van der Waals surface area contributed by atoms with Crippen molar-refractivity contribution in [2.45, 2.75) is 37.4 Å². The Morgan fingerprint density at radius 2 is 2.10 bits per heavy atom. The first-order valence-corrected chi connectivity index (χ1v) is 11.4. The lowest BCUT2D eigenvalue weighted by Crippen LogP contribution is -2.21. The Kier molecular flexibility index (Phi) is 6.26. The minimum Gasteiger partial charge on any atom is -0.326 e. The van der Waals surface area contributed by atoms with Crippen LogP contribution in [0.2, 0.25) is 0 Å². The second-order valence-corrected chi connectivity index (χ2v) is 8.89. The van der Waals surface area contributed by atoms with Gasteiger partial charge in [0.1, 0.15) is 6.07 Å². The van der Waals surface area contributed by atoms with Gasteiger partial charge in [0, 0.05) is 21.9 Å². The Morgan fingerprint density at radius 3 is 2.80 bits per heavy atom. The molecule has 1 unspecified atom stereocenters. The van der Waals surface area contributed by atoms with Gasteiger partial charge in [-0.15, -0.1) is 11.3 Å². The lowest BCUT2D eigenvalue weighted by molar-refractivity contribution is -0.117. The van der Waals surface area contributed by atoms with Crippen LogP contribution in [0.1, 0.15) is 43.5 Å². The third kappa shape index (κ3) is 4.96. The number of nitrogens with zero attached hydrogens (tertiary/aromatic N) is 4. The van der Waals surface area contributed by atoms with Crippen molar-refractivity contribution in [3.63, 3.8) is 0 Å². The average Bonchev–Trinajstić information content (AvgIpc) is 3.50. The third-order valence-corrected chi connectivity index (χ3v) is 6.66. The number of carbonyl (C=O) groups excluding carboxylic acids is 1. The zero-order valence-electron chi connectivity index (χ0n) is 16.3. The highest BCUT2D eigenvalue weighted by molar-refractivity contribution is 8.01. The van der Waals surface area contributed by atoms with E-state index in [1.807, 2.05) is 42.6 Å². The number of carbonyl (C=O) groups is 1. The largest absolute Gasteiger partial charge is 0.326 e. The van der Waals surface area contributed by atoms with Gasteiger partial charge >= 0.3 is 0 Å². The number of aromatic nitrogens is 3. The van der Waals surface area contributed by atoms with Crippen LogP contribution in [0.3, 0.4) is 0 Å². The van der Waals surface area contributed by atoms with Crippen molar-refractivity contribution in [2.75, 3.05) is 10.0 Å². The van der Waals surface area contributed by atoms with Gasteiger partial charge in [-0.2, -0.15) is 5.26 Å². The Hall–Kier alpha value is -2.96. The lowest BCUT2D eigenvalue weighted by atomic mass is 10.0. The van der Waals surface area contributed by atoms with Gasteiger partial charge in [0.25, 0.3) is 0 Å². The van der Waals surface area contributed by atoms with E-state index in [0.29, 0.717) is 23.1 Å². The van der Waals surface area contributed by atoms with E-state index >= 15 is 0 Å². The van der Waals surface area contributed by atoms with Crippen molar-refractivity contribution >= 4 is 40.0 Å². The monoisotopic (exact) mass is 436 g/mol. The van der Waals surface area contributed by atoms with Gasteiger partial charge in [-0.1, -0.05) is 19.1 Å². The standard InChI is InChI=1S/C21H20N6OS2/c1-2-17(19-12-29-21(26-19)27-30-16-7-8-16)20(28)25-14-5-3-13(4-6-14)18-11-23-10-15(9-22)24-18/h3-6,10-12,16-17H,2,7-8H2,1H3,(H,25,28)(H,26,27). The molecule has 0 saturated heterocycles. The topological polar surface area (TPSA) is 104 Å². The fourth-order valence-electron chi connectivity index (χ4n) is 2.85. The van der Waals surface area contributed by atoms with E-state index in [4.69, 9.17) is 5.26 Å². The molecule has 30 heavy (non-hydrogen) atoms. The number of amides is 1. The molecule has 9 heteroatoms. The van der Waals surface area contributed by atoms with Crippen molar-refractivity contribution < 1.29 is 4.79 Å². The summed E-state index contributed by atoms with van der Waals surface area (Å²) in [5.74, 6) is -0.385. The summed E-state index contributed by atoms with van der Waals surface area (Å²) < 4.78 is 3.29. The van der Waals surface area contributed by atoms with E-state index in [2.05, 4.69) is 25.0 Å². The Bertz CT molecular complexity index is 1070. The highest BCUT2D eigenvalue weighted by Crippen LogP contribution is 2.35. The molecule has 0 aliphatic heterocycles. The maximum Gasteiger partial charge on any atom is 0.233 e. The van der Waals surface area contributed by atoms with Gasteiger partial charge < -0.3 is 10.0 Å². The molecule has 1 fully saturated rings. The van der Waals surface area contributed by atoms with Crippen molar-refractivity contribution in [2.24, 2.45) is 0 Å². The highest BCUT2D eigenvalue weighted by atomic mass is 32.2. The van der Waals surface area contributed by atoms with Crippen LogP contribution in [-0.2, 0) is 4.79 Å². The first-order valence-electron chi connectivity index (χ1n) is 9.66. The number of nitriles is 1. The van der Waals surface area contributed by atoms with E-state index in [1.54, 1.807) is 18.1 Å². The van der Waals surface area contributed by atoms with Crippen molar-refractivity contribution in [1.29, 1.82) is 5.26 Å². The Balaban J connectivity index is 1.41. The molecule has 0 bridgehead atoms. The number of rotatable bonds is 8. The number of hydrogen-bond donors (Lipinski definition) is 2. The van der Waals surface area contributed by atoms with E-state index < -0.39 is 0 Å². The molecule has 1 aliphatic carbocycles. The van der Waals surface area contributed by atoms with Gasteiger partial charge in [0.05, 0.1) is 29.7 Å². The van der Waals surface area contributed by atoms with E-state index in [0.717, 1.165) is 16.4 Å². The van der Waals surface area contributed by atoms with E-state index in [1.165, 1.54) is 30.4 Å². The molecule has 4 rings (SSSR count). The zero-order chi connectivity index (χ0) is 20.9. The summed E-state index contributed by atoms with van der Waals surface area (Å²) in [6.45, 7) is 1.99. The minimum absolute atomic E-state index is 0.0804. The van der Waals surface area contributed by atoms with Crippen LogP contribution in [0, 0.1) is 11.3 Å². The molecule has 152 valence electrons. The SMILES string of the molecule is CCC(C(=O)Nc1ccc(-c2cncc(C#N)n2)cc1)c1csc(NSC2CC2)n1.